The Bertz CT molecular complexity index is 368. The molecule has 0 saturated heterocycles. The molecule has 0 aromatic carbocycles. The fourth-order valence-corrected chi connectivity index (χ4v) is 4.03. The summed E-state index contributed by atoms with van der Waals surface area (Å²) in [5.41, 5.74) is -4.22. The molecule has 0 aromatic heterocycles. The lowest BCUT2D eigenvalue weighted by Crippen LogP contribution is -2.63. The number of halogens is 3. The van der Waals surface area contributed by atoms with Gasteiger partial charge in [0.2, 0.25) is 0 Å². The first-order valence-electron chi connectivity index (χ1n) is 5.81. The summed E-state index contributed by atoms with van der Waals surface area (Å²) < 4.78 is 38.0. The molecule has 0 spiro atoms. The van der Waals surface area contributed by atoms with Crippen molar-refractivity contribution in [2.45, 2.75) is 51.8 Å². The average molecular weight is 250 g/mol. The molecule has 0 radical (unpaired) electrons. The third kappa shape index (κ3) is 1.29. The lowest BCUT2D eigenvalue weighted by molar-refractivity contribution is -0.217. The van der Waals surface area contributed by atoms with E-state index in [1.807, 2.05) is 0 Å². The van der Waals surface area contributed by atoms with Crippen molar-refractivity contribution in [3.05, 3.63) is 0 Å². The van der Waals surface area contributed by atoms with Gasteiger partial charge < -0.3 is 5.11 Å². The molecule has 98 valence electrons. The third-order valence-corrected chi connectivity index (χ3v) is 5.15. The zero-order valence-electron chi connectivity index (χ0n) is 10.2. The van der Waals surface area contributed by atoms with E-state index in [4.69, 9.17) is 0 Å². The molecular weight excluding hydrogens is 233 g/mol. The Morgan fingerprint density at radius 2 is 1.82 bits per heavy atom. The van der Waals surface area contributed by atoms with E-state index in [9.17, 15) is 23.1 Å². The van der Waals surface area contributed by atoms with E-state index in [-0.39, 0.29) is 5.92 Å². The van der Waals surface area contributed by atoms with Crippen LogP contribution in [-0.4, -0.2) is 22.7 Å². The van der Waals surface area contributed by atoms with Crippen LogP contribution in [0, 0.1) is 16.7 Å². The zero-order chi connectivity index (χ0) is 13.3. The second kappa shape index (κ2) is 3.05. The highest BCUT2D eigenvalue weighted by Crippen LogP contribution is 2.69. The minimum atomic E-state index is -4.97. The standard InChI is InChI=1S/C12H17F3O2/c1-9(2)7-4-5-10(3,6-7)11(9,17)8(16)12(13,14)15/h7,17H,4-6H2,1-3H3/t7-,10+,11+/m1/s1. The predicted molar refractivity (Wildman–Crippen MR) is 55.2 cm³/mol. The number of aliphatic hydroxyl groups is 1. The molecule has 2 fully saturated rings. The lowest BCUT2D eigenvalue weighted by Gasteiger charge is -2.49. The van der Waals surface area contributed by atoms with E-state index in [1.54, 1.807) is 20.8 Å². The Labute approximate surface area is 98.2 Å². The molecule has 17 heavy (non-hydrogen) atoms. The first kappa shape index (κ1) is 12.9. The summed E-state index contributed by atoms with van der Waals surface area (Å²) in [4.78, 5) is 11.6. The fourth-order valence-electron chi connectivity index (χ4n) is 4.03. The maximum absolute atomic E-state index is 12.7. The van der Waals surface area contributed by atoms with Gasteiger partial charge in [0.25, 0.3) is 5.78 Å². The number of fused-ring (bicyclic) bond motifs is 2. The van der Waals surface area contributed by atoms with Crippen LogP contribution in [0.15, 0.2) is 0 Å². The molecule has 2 aliphatic rings. The minimum Gasteiger partial charge on any atom is -0.381 e. The van der Waals surface area contributed by atoms with Gasteiger partial charge in [0, 0.05) is 10.8 Å². The van der Waals surface area contributed by atoms with Gasteiger partial charge in [0.1, 0.15) is 5.60 Å². The average Bonchev–Trinajstić information content (AvgIpc) is 2.63. The van der Waals surface area contributed by atoms with Gasteiger partial charge in [0.05, 0.1) is 0 Å². The molecule has 0 unspecified atom stereocenters. The number of ketones is 1. The van der Waals surface area contributed by atoms with Gasteiger partial charge in [-0.05, 0) is 25.2 Å². The molecule has 2 saturated carbocycles. The Kier molecular flexibility index (Phi) is 2.31. The molecule has 1 N–H and O–H groups in total. The molecule has 2 aliphatic carbocycles. The molecular formula is C12H17F3O2. The highest BCUT2D eigenvalue weighted by Gasteiger charge is 2.75. The number of hydrogen-bond donors (Lipinski definition) is 1. The summed E-state index contributed by atoms with van der Waals surface area (Å²) >= 11 is 0. The quantitative estimate of drug-likeness (QED) is 0.777. The van der Waals surface area contributed by atoms with Crippen LogP contribution in [0.1, 0.15) is 40.0 Å². The number of rotatable bonds is 1. The largest absolute Gasteiger partial charge is 0.453 e. The molecule has 0 aromatic rings. The smallest absolute Gasteiger partial charge is 0.381 e. The summed E-state index contributed by atoms with van der Waals surface area (Å²) in [7, 11) is 0. The normalized spacial score (nSPS) is 44.1. The zero-order valence-corrected chi connectivity index (χ0v) is 10.2. The monoisotopic (exact) mass is 250 g/mol. The van der Waals surface area contributed by atoms with Crippen LogP contribution in [-0.2, 0) is 4.79 Å². The van der Waals surface area contributed by atoms with Gasteiger partial charge in [-0.25, -0.2) is 0 Å². The topological polar surface area (TPSA) is 37.3 Å². The van der Waals surface area contributed by atoms with E-state index < -0.39 is 28.4 Å². The SMILES string of the molecule is CC1(C)[C@@H]2CC[C@@](C)(C2)[C@]1(O)C(=O)C(F)(F)F. The van der Waals surface area contributed by atoms with Gasteiger partial charge >= 0.3 is 6.18 Å². The van der Waals surface area contributed by atoms with E-state index in [2.05, 4.69) is 0 Å². The Balaban J connectivity index is 2.53. The van der Waals surface area contributed by atoms with Gasteiger partial charge in [-0.3, -0.25) is 4.79 Å². The number of Topliss-reactive ketones (excluding diaryl/α,β-unsaturated/α-hetero) is 1. The van der Waals surface area contributed by atoms with Crippen molar-refractivity contribution >= 4 is 5.78 Å². The summed E-state index contributed by atoms with van der Waals surface area (Å²) in [5, 5.41) is 10.5. The van der Waals surface area contributed by atoms with Crippen LogP contribution in [0.4, 0.5) is 13.2 Å². The van der Waals surface area contributed by atoms with E-state index in [1.165, 1.54) is 0 Å². The third-order valence-electron chi connectivity index (χ3n) is 5.15. The lowest BCUT2D eigenvalue weighted by atomic mass is 9.58. The molecule has 2 nitrogen and oxygen atoms in total. The molecule has 2 rings (SSSR count). The number of hydrogen-bond acceptors (Lipinski definition) is 2. The first-order chi connectivity index (χ1) is 7.47. The maximum atomic E-state index is 12.7. The molecule has 0 aliphatic heterocycles. The Morgan fingerprint density at radius 1 is 1.29 bits per heavy atom. The van der Waals surface area contributed by atoms with Gasteiger partial charge in [-0.1, -0.05) is 20.8 Å². The number of alkyl halides is 3. The van der Waals surface area contributed by atoms with Crippen LogP contribution >= 0.6 is 0 Å². The molecule has 2 bridgehead atoms. The molecule has 5 heteroatoms. The molecule has 0 amide bonds. The summed E-state index contributed by atoms with van der Waals surface area (Å²) in [5.74, 6) is -1.98. The van der Waals surface area contributed by atoms with Crippen molar-refractivity contribution in [1.82, 2.24) is 0 Å². The first-order valence-corrected chi connectivity index (χ1v) is 5.81. The fraction of sp³-hybridized carbons (Fsp3) is 0.917. The van der Waals surface area contributed by atoms with Crippen LogP contribution in [0.5, 0.6) is 0 Å². The van der Waals surface area contributed by atoms with Crippen molar-refractivity contribution in [3.8, 4) is 0 Å². The minimum absolute atomic E-state index is 0.0104. The Morgan fingerprint density at radius 3 is 2.18 bits per heavy atom. The van der Waals surface area contributed by atoms with Crippen LogP contribution in [0.25, 0.3) is 0 Å². The highest BCUT2D eigenvalue weighted by molar-refractivity contribution is 5.94. The van der Waals surface area contributed by atoms with Gasteiger partial charge in [0.15, 0.2) is 0 Å². The highest BCUT2D eigenvalue weighted by atomic mass is 19.4. The van der Waals surface area contributed by atoms with Crippen molar-refractivity contribution in [3.63, 3.8) is 0 Å². The molecule has 3 atom stereocenters. The van der Waals surface area contributed by atoms with Crippen molar-refractivity contribution in [1.29, 1.82) is 0 Å². The van der Waals surface area contributed by atoms with E-state index in [0.29, 0.717) is 12.8 Å². The number of carbonyl (C=O) groups is 1. The van der Waals surface area contributed by atoms with Crippen LogP contribution in [0.3, 0.4) is 0 Å². The van der Waals surface area contributed by atoms with Gasteiger partial charge in [-0.15, -0.1) is 0 Å². The molecule has 0 heterocycles. The van der Waals surface area contributed by atoms with Crippen molar-refractivity contribution in [2.24, 2.45) is 16.7 Å². The summed E-state index contributed by atoms with van der Waals surface area (Å²) in [6.45, 7) is 4.75. The second-order valence-electron chi connectivity index (χ2n) is 6.26. The van der Waals surface area contributed by atoms with E-state index in [0.717, 1.165) is 6.42 Å². The van der Waals surface area contributed by atoms with Crippen LogP contribution in [0.2, 0.25) is 0 Å². The predicted octanol–water partition coefficient (Wildman–Crippen LogP) is 2.70. The second-order valence-corrected chi connectivity index (χ2v) is 6.26. The van der Waals surface area contributed by atoms with E-state index >= 15 is 0 Å². The Hall–Kier alpha value is -0.580. The van der Waals surface area contributed by atoms with Gasteiger partial charge in [-0.2, -0.15) is 13.2 Å². The van der Waals surface area contributed by atoms with Crippen LogP contribution < -0.4 is 0 Å². The summed E-state index contributed by atoms with van der Waals surface area (Å²) in [6.07, 6.45) is -3.20. The maximum Gasteiger partial charge on any atom is 0.453 e. The summed E-state index contributed by atoms with van der Waals surface area (Å²) in [6, 6.07) is 0. The van der Waals surface area contributed by atoms with Crippen molar-refractivity contribution in [2.75, 3.05) is 0 Å². The number of carbonyl (C=O) groups excluding carboxylic acids is 1. The van der Waals surface area contributed by atoms with Crippen molar-refractivity contribution < 1.29 is 23.1 Å².